The Kier molecular flexibility index (Phi) is 3.94. The summed E-state index contributed by atoms with van der Waals surface area (Å²) in [4.78, 5) is 13.6. The smallest absolute Gasteiger partial charge is 0.410 e. The maximum Gasteiger partial charge on any atom is 0.410 e. The van der Waals surface area contributed by atoms with Gasteiger partial charge < -0.3 is 15.4 Å². The Labute approximate surface area is 127 Å². The fourth-order valence-corrected chi connectivity index (χ4v) is 2.50. The highest BCUT2D eigenvalue weighted by Gasteiger charge is 2.34. The zero-order chi connectivity index (χ0) is 14.2. The molecule has 0 radical (unpaired) electrons. The van der Waals surface area contributed by atoms with E-state index in [-0.39, 0.29) is 6.09 Å². The van der Waals surface area contributed by atoms with Crippen LogP contribution in [0.15, 0.2) is 18.2 Å². The number of ether oxygens (including phenoxy) is 1. The number of rotatable bonds is 1. The third-order valence-electron chi connectivity index (χ3n) is 3.03. The minimum Gasteiger partial charge on any atom is -0.444 e. The Morgan fingerprint density at radius 1 is 1.42 bits per heavy atom. The number of anilines is 1. The molecule has 0 atom stereocenters. The van der Waals surface area contributed by atoms with Gasteiger partial charge in [-0.15, -0.1) is 0 Å². The van der Waals surface area contributed by atoms with Crippen molar-refractivity contribution in [3.8, 4) is 0 Å². The van der Waals surface area contributed by atoms with E-state index in [0.717, 1.165) is 22.3 Å². The monoisotopic (exact) mass is 374 g/mol. The van der Waals surface area contributed by atoms with Crippen molar-refractivity contribution in [2.75, 3.05) is 18.8 Å². The first kappa shape index (κ1) is 14.4. The highest BCUT2D eigenvalue weighted by Crippen LogP contribution is 2.30. The first-order chi connectivity index (χ1) is 8.76. The highest BCUT2D eigenvalue weighted by atomic mass is 127. The Morgan fingerprint density at radius 2 is 2.05 bits per heavy atom. The number of carbonyl (C=O) groups is 1. The molecular formula is C14H19IN2O2. The average molecular weight is 374 g/mol. The van der Waals surface area contributed by atoms with Crippen molar-refractivity contribution in [2.24, 2.45) is 0 Å². The van der Waals surface area contributed by atoms with Gasteiger partial charge in [0.05, 0.1) is 0 Å². The molecule has 1 aromatic carbocycles. The second-order valence-corrected chi connectivity index (χ2v) is 7.03. The Hall–Kier alpha value is -0.980. The number of carbonyl (C=O) groups excluding carboxylic acids is 1. The predicted octanol–water partition coefficient (Wildman–Crippen LogP) is 3.21. The summed E-state index contributed by atoms with van der Waals surface area (Å²) >= 11 is 2.23. The number of nitrogen functional groups attached to an aromatic ring is 1. The van der Waals surface area contributed by atoms with E-state index in [0.29, 0.717) is 5.92 Å². The van der Waals surface area contributed by atoms with Crippen LogP contribution in [0.2, 0.25) is 0 Å². The number of hydrogen-bond donors (Lipinski definition) is 1. The van der Waals surface area contributed by atoms with E-state index in [1.165, 1.54) is 5.56 Å². The van der Waals surface area contributed by atoms with Crippen LogP contribution in [0.1, 0.15) is 32.3 Å². The zero-order valence-electron chi connectivity index (χ0n) is 11.4. The maximum atomic E-state index is 11.8. The molecule has 4 nitrogen and oxygen atoms in total. The molecule has 0 aliphatic carbocycles. The lowest BCUT2D eigenvalue weighted by Crippen LogP contribution is -2.50. The van der Waals surface area contributed by atoms with Gasteiger partial charge in [-0.05, 0) is 61.1 Å². The van der Waals surface area contributed by atoms with Crippen molar-refractivity contribution in [1.29, 1.82) is 0 Å². The average Bonchev–Trinajstić information content (AvgIpc) is 2.18. The third-order valence-corrected chi connectivity index (χ3v) is 3.96. The molecule has 2 N–H and O–H groups in total. The second-order valence-electron chi connectivity index (χ2n) is 5.86. The van der Waals surface area contributed by atoms with Crippen molar-refractivity contribution >= 4 is 34.4 Å². The predicted molar refractivity (Wildman–Crippen MR) is 84.1 cm³/mol. The van der Waals surface area contributed by atoms with Gasteiger partial charge in [0.2, 0.25) is 0 Å². The van der Waals surface area contributed by atoms with Crippen LogP contribution in [0, 0.1) is 3.57 Å². The first-order valence-corrected chi connectivity index (χ1v) is 7.37. The van der Waals surface area contributed by atoms with Crippen LogP contribution < -0.4 is 5.73 Å². The summed E-state index contributed by atoms with van der Waals surface area (Å²) in [6.07, 6.45) is -0.228. The van der Waals surface area contributed by atoms with Gasteiger partial charge >= 0.3 is 6.09 Å². The van der Waals surface area contributed by atoms with Gasteiger partial charge in [-0.2, -0.15) is 0 Å². The molecule has 0 unspecified atom stereocenters. The maximum absolute atomic E-state index is 11.8. The topological polar surface area (TPSA) is 55.6 Å². The lowest BCUT2D eigenvalue weighted by Gasteiger charge is -2.40. The number of halogens is 1. The molecule has 1 aliphatic heterocycles. The summed E-state index contributed by atoms with van der Waals surface area (Å²) < 4.78 is 6.40. The van der Waals surface area contributed by atoms with E-state index < -0.39 is 5.60 Å². The number of nitrogens with zero attached hydrogens (tertiary/aromatic N) is 1. The second kappa shape index (κ2) is 5.19. The molecule has 104 valence electrons. The van der Waals surface area contributed by atoms with Crippen molar-refractivity contribution < 1.29 is 9.53 Å². The summed E-state index contributed by atoms with van der Waals surface area (Å²) in [5.74, 6) is 0.390. The van der Waals surface area contributed by atoms with Crippen LogP contribution >= 0.6 is 22.6 Å². The molecule has 1 aromatic rings. The minimum atomic E-state index is -0.432. The highest BCUT2D eigenvalue weighted by molar-refractivity contribution is 14.1. The molecule has 5 heteroatoms. The Balaban J connectivity index is 1.92. The largest absolute Gasteiger partial charge is 0.444 e. The molecule has 1 amide bonds. The van der Waals surface area contributed by atoms with E-state index in [2.05, 4.69) is 28.7 Å². The molecule has 2 rings (SSSR count). The van der Waals surface area contributed by atoms with Gasteiger partial charge in [-0.25, -0.2) is 4.79 Å². The van der Waals surface area contributed by atoms with Crippen LogP contribution in [0.4, 0.5) is 10.5 Å². The molecule has 1 fully saturated rings. The molecule has 1 aliphatic rings. The van der Waals surface area contributed by atoms with Crippen molar-refractivity contribution in [3.05, 3.63) is 27.3 Å². The molecule has 0 aromatic heterocycles. The lowest BCUT2D eigenvalue weighted by atomic mass is 9.92. The van der Waals surface area contributed by atoms with E-state index in [1.54, 1.807) is 4.90 Å². The van der Waals surface area contributed by atoms with E-state index in [4.69, 9.17) is 10.5 Å². The van der Waals surface area contributed by atoms with Crippen LogP contribution in [0.3, 0.4) is 0 Å². The van der Waals surface area contributed by atoms with Gasteiger partial charge in [0, 0.05) is 28.3 Å². The van der Waals surface area contributed by atoms with Crippen molar-refractivity contribution in [2.45, 2.75) is 32.3 Å². The summed E-state index contributed by atoms with van der Waals surface area (Å²) in [5.41, 5.74) is 7.40. The number of hydrogen-bond acceptors (Lipinski definition) is 3. The Bertz CT molecular complexity index is 491. The van der Waals surface area contributed by atoms with Gasteiger partial charge in [0.1, 0.15) is 5.60 Å². The SMILES string of the molecule is CC(C)(C)OC(=O)N1CC(c2ccc(N)c(I)c2)C1. The molecule has 0 bridgehead atoms. The van der Waals surface area contributed by atoms with Crippen LogP contribution in [0.25, 0.3) is 0 Å². The number of benzene rings is 1. The quantitative estimate of drug-likeness (QED) is 0.607. The van der Waals surface area contributed by atoms with Crippen LogP contribution in [-0.2, 0) is 4.74 Å². The van der Waals surface area contributed by atoms with Crippen molar-refractivity contribution in [3.63, 3.8) is 0 Å². The molecule has 0 saturated carbocycles. The molecule has 0 spiro atoms. The molecule has 1 heterocycles. The summed E-state index contributed by atoms with van der Waals surface area (Å²) in [6.45, 7) is 7.07. The summed E-state index contributed by atoms with van der Waals surface area (Å²) in [7, 11) is 0. The number of nitrogens with two attached hydrogens (primary N) is 1. The van der Waals surface area contributed by atoms with Crippen molar-refractivity contribution in [1.82, 2.24) is 4.90 Å². The number of likely N-dealkylation sites (tertiary alicyclic amines) is 1. The third kappa shape index (κ3) is 3.52. The van der Waals surface area contributed by atoms with Gasteiger partial charge in [-0.1, -0.05) is 6.07 Å². The van der Waals surface area contributed by atoms with Crippen LogP contribution in [-0.4, -0.2) is 29.7 Å². The van der Waals surface area contributed by atoms with E-state index >= 15 is 0 Å². The fraction of sp³-hybridized carbons (Fsp3) is 0.500. The molecule has 1 saturated heterocycles. The summed E-state index contributed by atoms with van der Waals surface area (Å²) in [5, 5.41) is 0. The first-order valence-electron chi connectivity index (χ1n) is 6.29. The van der Waals surface area contributed by atoms with E-state index in [1.807, 2.05) is 32.9 Å². The molecule has 19 heavy (non-hydrogen) atoms. The zero-order valence-corrected chi connectivity index (χ0v) is 13.6. The summed E-state index contributed by atoms with van der Waals surface area (Å²) in [6, 6.07) is 6.05. The molecular weight excluding hydrogens is 355 g/mol. The Morgan fingerprint density at radius 3 is 2.58 bits per heavy atom. The lowest BCUT2D eigenvalue weighted by molar-refractivity contribution is 0.00819. The van der Waals surface area contributed by atoms with Gasteiger partial charge in [-0.3, -0.25) is 0 Å². The normalized spacial score (nSPS) is 16.1. The van der Waals surface area contributed by atoms with Gasteiger partial charge in [0.25, 0.3) is 0 Å². The minimum absolute atomic E-state index is 0.228. The van der Waals surface area contributed by atoms with Crippen LogP contribution in [0.5, 0.6) is 0 Å². The van der Waals surface area contributed by atoms with Gasteiger partial charge in [0.15, 0.2) is 0 Å². The van der Waals surface area contributed by atoms with E-state index in [9.17, 15) is 4.79 Å². The fourth-order valence-electron chi connectivity index (χ4n) is 1.96. The number of amides is 1. The standard InChI is InChI=1S/C14H19IN2O2/c1-14(2,3)19-13(18)17-7-10(8-17)9-4-5-12(16)11(15)6-9/h4-6,10H,7-8,16H2,1-3H3.